The maximum atomic E-state index is 5.34. The maximum absolute atomic E-state index is 5.34. The lowest BCUT2D eigenvalue weighted by molar-refractivity contribution is 0.153. The Bertz CT molecular complexity index is 574. The summed E-state index contributed by atoms with van der Waals surface area (Å²) >= 11 is 0. The second kappa shape index (κ2) is 8.72. The Kier molecular flexibility index (Phi) is 6.65. The molecule has 1 aliphatic heterocycles. The molecule has 1 aliphatic rings. The van der Waals surface area contributed by atoms with Crippen LogP contribution < -0.4 is 10.6 Å². The van der Waals surface area contributed by atoms with Crippen LogP contribution in [0.1, 0.15) is 36.7 Å². The van der Waals surface area contributed by atoms with Crippen molar-refractivity contribution in [3.63, 3.8) is 0 Å². The van der Waals surface area contributed by atoms with Gasteiger partial charge in [-0.2, -0.15) is 5.10 Å². The van der Waals surface area contributed by atoms with E-state index in [4.69, 9.17) is 9.73 Å². The quantitative estimate of drug-likeness (QED) is 0.477. The van der Waals surface area contributed by atoms with E-state index in [1.807, 2.05) is 18.7 Å². The van der Waals surface area contributed by atoms with Crippen molar-refractivity contribution in [3.8, 4) is 0 Å². The van der Waals surface area contributed by atoms with Gasteiger partial charge in [-0.25, -0.2) is 4.99 Å². The van der Waals surface area contributed by atoms with Gasteiger partial charge in [0.25, 0.3) is 0 Å². The molecule has 1 aromatic heterocycles. The topological polar surface area (TPSA) is 63.5 Å². The van der Waals surface area contributed by atoms with E-state index in [2.05, 4.69) is 35.7 Å². The molecule has 0 fully saturated rings. The summed E-state index contributed by atoms with van der Waals surface area (Å²) in [7, 11) is 1.97. The minimum absolute atomic E-state index is 0.650. The van der Waals surface area contributed by atoms with Gasteiger partial charge >= 0.3 is 0 Å². The largest absolute Gasteiger partial charge is 0.377 e. The molecule has 0 radical (unpaired) electrons. The first-order valence-electron chi connectivity index (χ1n) is 8.38. The van der Waals surface area contributed by atoms with E-state index in [-0.39, 0.29) is 0 Å². The highest BCUT2D eigenvalue weighted by molar-refractivity contribution is 5.79. The standard InChI is InChI=1S/C17H29N5O/c1-5-18-17(19-9-6-15-7-10-23-11-8-15)20-12-16-13(2)21-22(4)14(16)3/h7H,5-6,8-12H2,1-4H3,(H2,18,19,20). The van der Waals surface area contributed by atoms with Crippen molar-refractivity contribution in [2.75, 3.05) is 26.3 Å². The summed E-state index contributed by atoms with van der Waals surface area (Å²) in [4.78, 5) is 4.70. The van der Waals surface area contributed by atoms with Crippen LogP contribution in [0.3, 0.4) is 0 Å². The maximum Gasteiger partial charge on any atom is 0.191 e. The molecule has 2 N–H and O–H groups in total. The smallest absolute Gasteiger partial charge is 0.191 e. The first-order chi connectivity index (χ1) is 11.1. The zero-order valence-electron chi connectivity index (χ0n) is 14.8. The van der Waals surface area contributed by atoms with Gasteiger partial charge in [0.1, 0.15) is 0 Å². The molecule has 6 nitrogen and oxygen atoms in total. The lowest BCUT2D eigenvalue weighted by Gasteiger charge is -2.15. The second-order valence-electron chi connectivity index (χ2n) is 5.83. The minimum atomic E-state index is 0.650. The molecule has 0 spiro atoms. The van der Waals surface area contributed by atoms with Gasteiger partial charge in [-0.1, -0.05) is 11.6 Å². The monoisotopic (exact) mass is 319 g/mol. The average Bonchev–Trinajstić information content (AvgIpc) is 2.79. The van der Waals surface area contributed by atoms with Gasteiger partial charge in [-0.05, 0) is 33.6 Å². The zero-order chi connectivity index (χ0) is 16.7. The van der Waals surface area contributed by atoms with Crippen LogP contribution in [0, 0.1) is 13.8 Å². The Morgan fingerprint density at radius 2 is 2.22 bits per heavy atom. The summed E-state index contributed by atoms with van der Waals surface area (Å²) in [6.45, 7) is 10.2. The van der Waals surface area contributed by atoms with Crippen molar-refractivity contribution in [2.24, 2.45) is 12.0 Å². The molecule has 0 unspecified atom stereocenters. The van der Waals surface area contributed by atoms with Crippen LogP contribution in [0.25, 0.3) is 0 Å². The third-order valence-electron chi connectivity index (χ3n) is 4.19. The summed E-state index contributed by atoms with van der Waals surface area (Å²) in [5, 5.41) is 11.2. The van der Waals surface area contributed by atoms with Crippen LogP contribution in [-0.2, 0) is 18.3 Å². The molecule has 6 heteroatoms. The highest BCUT2D eigenvalue weighted by atomic mass is 16.5. The number of aliphatic imine (C=N–C) groups is 1. The van der Waals surface area contributed by atoms with Crippen molar-refractivity contribution in [1.82, 2.24) is 20.4 Å². The second-order valence-corrected chi connectivity index (χ2v) is 5.83. The lowest BCUT2D eigenvalue weighted by Crippen LogP contribution is -2.38. The summed E-state index contributed by atoms with van der Waals surface area (Å²) in [6.07, 6.45) is 4.28. The molecule has 128 valence electrons. The fraction of sp³-hybridized carbons (Fsp3) is 0.647. The van der Waals surface area contributed by atoms with Gasteiger partial charge in [0.05, 0.1) is 25.5 Å². The van der Waals surface area contributed by atoms with Crippen LogP contribution in [-0.4, -0.2) is 42.0 Å². The molecule has 23 heavy (non-hydrogen) atoms. The Balaban J connectivity index is 1.90. The number of nitrogens with zero attached hydrogens (tertiary/aromatic N) is 3. The number of aryl methyl sites for hydroxylation is 2. The molecule has 2 rings (SSSR count). The van der Waals surface area contributed by atoms with Crippen LogP contribution >= 0.6 is 0 Å². The van der Waals surface area contributed by atoms with Gasteiger partial charge in [-0.3, -0.25) is 4.68 Å². The van der Waals surface area contributed by atoms with Crippen LogP contribution in [0.5, 0.6) is 0 Å². The highest BCUT2D eigenvalue weighted by Crippen LogP contribution is 2.13. The predicted molar refractivity (Wildman–Crippen MR) is 93.6 cm³/mol. The zero-order valence-corrected chi connectivity index (χ0v) is 14.8. The SMILES string of the molecule is CCNC(=NCc1c(C)nn(C)c1C)NCCC1=CCOCC1. The van der Waals surface area contributed by atoms with E-state index >= 15 is 0 Å². The molecule has 2 heterocycles. The summed E-state index contributed by atoms with van der Waals surface area (Å²) < 4.78 is 7.25. The highest BCUT2D eigenvalue weighted by Gasteiger charge is 2.09. The third-order valence-corrected chi connectivity index (χ3v) is 4.19. The summed E-state index contributed by atoms with van der Waals surface area (Å²) in [5.74, 6) is 0.864. The molecular weight excluding hydrogens is 290 g/mol. The Labute approximate surface area is 139 Å². The lowest BCUT2D eigenvalue weighted by atomic mass is 10.1. The van der Waals surface area contributed by atoms with Gasteiger partial charge < -0.3 is 15.4 Å². The van der Waals surface area contributed by atoms with E-state index < -0.39 is 0 Å². The number of ether oxygens (including phenoxy) is 1. The Morgan fingerprint density at radius 3 is 2.83 bits per heavy atom. The molecule has 0 aromatic carbocycles. The van der Waals surface area contributed by atoms with Crippen LogP contribution in [0.2, 0.25) is 0 Å². The molecular formula is C17H29N5O. The van der Waals surface area contributed by atoms with Crippen molar-refractivity contribution in [3.05, 3.63) is 28.6 Å². The average molecular weight is 319 g/mol. The number of rotatable bonds is 6. The van der Waals surface area contributed by atoms with Crippen molar-refractivity contribution < 1.29 is 4.74 Å². The van der Waals surface area contributed by atoms with Crippen LogP contribution in [0.15, 0.2) is 16.6 Å². The molecule has 0 amide bonds. The number of hydrogen-bond acceptors (Lipinski definition) is 3. The number of hydrogen-bond donors (Lipinski definition) is 2. The predicted octanol–water partition coefficient (Wildman–Crippen LogP) is 1.83. The Hall–Kier alpha value is -1.82. The van der Waals surface area contributed by atoms with E-state index in [0.717, 1.165) is 50.8 Å². The first kappa shape index (κ1) is 17.5. The number of aromatic nitrogens is 2. The molecule has 0 saturated heterocycles. The van der Waals surface area contributed by atoms with Gasteiger partial charge in [0.2, 0.25) is 0 Å². The molecule has 0 aliphatic carbocycles. The number of guanidine groups is 1. The van der Waals surface area contributed by atoms with Crippen molar-refractivity contribution >= 4 is 5.96 Å². The van der Waals surface area contributed by atoms with E-state index in [1.165, 1.54) is 16.8 Å². The van der Waals surface area contributed by atoms with Crippen LogP contribution in [0.4, 0.5) is 0 Å². The van der Waals surface area contributed by atoms with Gasteiger partial charge in [-0.15, -0.1) is 0 Å². The van der Waals surface area contributed by atoms with E-state index in [9.17, 15) is 0 Å². The van der Waals surface area contributed by atoms with E-state index in [1.54, 1.807) is 0 Å². The van der Waals surface area contributed by atoms with E-state index in [0.29, 0.717) is 6.54 Å². The normalized spacial score (nSPS) is 15.5. The molecule has 1 aromatic rings. The fourth-order valence-electron chi connectivity index (χ4n) is 2.68. The van der Waals surface area contributed by atoms with Crippen molar-refractivity contribution in [2.45, 2.75) is 40.2 Å². The molecule has 0 saturated carbocycles. The third kappa shape index (κ3) is 5.10. The molecule has 0 bridgehead atoms. The molecule has 0 atom stereocenters. The van der Waals surface area contributed by atoms with Crippen molar-refractivity contribution in [1.29, 1.82) is 0 Å². The van der Waals surface area contributed by atoms with Gasteiger partial charge in [0.15, 0.2) is 5.96 Å². The summed E-state index contributed by atoms with van der Waals surface area (Å²) in [5.41, 5.74) is 4.90. The summed E-state index contributed by atoms with van der Waals surface area (Å²) in [6, 6.07) is 0. The number of nitrogens with one attached hydrogen (secondary N) is 2. The van der Waals surface area contributed by atoms with Gasteiger partial charge in [0, 0.05) is 31.4 Å². The Morgan fingerprint density at radius 1 is 1.39 bits per heavy atom. The first-order valence-corrected chi connectivity index (χ1v) is 8.38. The fourth-order valence-corrected chi connectivity index (χ4v) is 2.68. The minimum Gasteiger partial charge on any atom is -0.377 e.